The van der Waals surface area contributed by atoms with E-state index < -0.39 is 0 Å². The lowest BCUT2D eigenvalue weighted by molar-refractivity contribution is 0.319. The van der Waals surface area contributed by atoms with Crippen LogP contribution >= 0.6 is 15.9 Å². The highest BCUT2D eigenvalue weighted by Crippen LogP contribution is 2.30. The number of H-pyrrole nitrogens is 1. The zero-order chi connectivity index (χ0) is 13.0. The fourth-order valence-corrected chi connectivity index (χ4v) is 3.01. The van der Waals surface area contributed by atoms with E-state index >= 15 is 0 Å². The molecule has 0 aliphatic heterocycles. The maximum absolute atomic E-state index is 11.4. The molecule has 0 amide bonds. The summed E-state index contributed by atoms with van der Waals surface area (Å²) in [6.45, 7) is 2.25. The van der Waals surface area contributed by atoms with Gasteiger partial charge in [0.1, 0.15) is 4.47 Å². The Morgan fingerprint density at radius 3 is 2.83 bits per heavy atom. The van der Waals surface area contributed by atoms with Gasteiger partial charge in [-0.25, -0.2) is 5.10 Å². The third kappa shape index (κ3) is 3.34. The summed E-state index contributed by atoms with van der Waals surface area (Å²) in [5.74, 6) is 0.897. The highest BCUT2D eigenvalue weighted by atomic mass is 79.9. The second-order valence-corrected chi connectivity index (χ2v) is 5.87. The standard InChI is InChI=1S/C13H20BrN3O/c1-2-3-9-4-6-10(7-5-9)16-11-8-15-17-13(18)12(11)14/h8-10H,2-7H2,1H3,(H2,16,17,18). The molecule has 1 saturated carbocycles. The number of anilines is 1. The summed E-state index contributed by atoms with van der Waals surface area (Å²) < 4.78 is 0.549. The van der Waals surface area contributed by atoms with Crippen molar-refractivity contribution in [3.05, 3.63) is 21.0 Å². The van der Waals surface area contributed by atoms with Gasteiger partial charge in [0, 0.05) is 6.04 Å². The minimum atomic E-state index is -0.181. The number of aromatic nitrogens is 2. The number of aromatic amines is 1. The van der Waals surface area contributed by atoms with Gasteiger partial charge in [0.2, 0.25) is 0 Å². The van der Waals surface area contributed by atoms with E-state index in [4.69, 9.17) is 0 Å². The number of nitrogens with zero attached hydrogens (tertiary/aromatic N) is 1. The van der Waals surface area contributed by atoms with Crippen LogP contribution in [0.5, 0.6) is 0 Å². The molecule has 2 N–H and O–H groups in total. The molecule has 0 atom stereocenters. The lowest BCUT2D eigenvalue weighted by atomic mass is 9.83. The van der Waals surface area contributed by atoms with Gasteiger partial charge >= 0.3 is 0 Å². The molecule has 0 unspecified atom stereocenters. The van der Waals surface area contributed by atoms with Gasteiger partial charge in [-0.05, 0) is 47.5 Å². The lowest BCUT2D eigenvalue weighted by Gasteiger charge is -2.29. The average molecular weight is 314 g/mol. The van der Waals surface area contributed by atoms with Gasteiger partial charge in [0.05, 0.1) is 11.9 Å². The molecule has 0 spiro atoms. The monoisotopic (exact) mass is 313 g/mol. The van der Waals surface area contributed by atoms with Gasteiger partial charge in [0.15, 0.2) is 0 Å². The van der Waals surface area contributed by atoms with E-state index in [0.29, 0.717) is 10.5 Å². The normalized spacial score (nSPS) is 23.9. The van der Waals surface area contributed by atoms with E-state index in [1.54, 1.807) is 6.20 Å². The molecule has 1 heterocycles. The number of rotatable bonds is 4. The second-order valence-electron chi connectivity index (χ2n) is 5.08. The van der Waals surface area contributed by atoms with Gasteiger partial charge < -0.3 is 5.32 Å². The van der Waals surface area contributed by atoms with E-state index in [2.05, 4.69) is 38.4 Å². The molecule has 1 aromatic heterocycles. The fraction of sp³-hybridized carbons (Fsp3) is 0.692. The molecule has 5 heteroatoms. The molecule has 0 saturated heterocycles. The van der Waals surface area contributed by atoms with Crippen LogP contribution in [0.15, 0.2) is 15.5 Å². The van der Waals surface area contributed by atoms with Crippen LogP contribution in [-0.2, 0) is 0 Å². The van der Waals surface area contributed by atoms with Crippen LogP contribution in [0, 0.1) is 5.92 Å². The molecule has 1 fully saturated rings. The molecule has 18 heavy (non-hydrogen) atoms. The molecular weight excluding hydrogens is 294 g/mol. The maximum Gasteiger partial charge on any atom is 0.280 e. The highest BCUT2D eigenvalue weighted by molar-refractivity contribution is 9.10. The smallest absolute Gasteiger partial charge is 0.280 e. The van der Waals surface area contributed by atoms with Crippen molar-refractivity contribution in [1.82, 2.24) is 10.2 Å². The van der Waals surface area contributed by atoms with Crippen molar-refractivity contribution >= 4 is 21.6 Å². The van der Waals surface area contributed by atoms with Crippen LogP contribution in [0.1, 0.15) is 45.4 Å². The van der Waals surface area contributed by atoms with Crippen molar-refractivity contribution < 1.29 is 0 Å². The van der Waals surface area contributed by atoms with E-state index in [-0.39, 0.29) is 5.56 Å². The van der Waals surface area contributed by atoms with Crippen LogP contribution in [0.2, 0.25) is 0 Å². The van der Waals surface area contributed by atoms with Crippen LogP contribution in [0.4, 0.5) is 5.69 Å². The van der Waals surface area contributed by atoms with Gasteiger partial charge in [-0.2, -0.15) is 5.10 Å². The largest absolute Gasteiger partial charge is 0.380 e. The Hall–Kier alpha value is -0.840. The average Bonchev–Trinajstić information content (AvgIpc) is 2.38. The predicted octanol–water partition coefficient (Wildman–Crippen LogP) is 3.30. The predicted molar refractivity (Wildman–Crippen MR) is 76.8 cm³/mol. The molecule has 4 nitrogen and oxygen atoms in total. The van der Waals surface area contributed by atoms with Crippen molar-refractivity contribution in [3.63, 3.8) is 0 Å². The molecule has 1 aromatic rings. The summed E-state index contributed by atoms with van der Waals surface area (Å²) in [5, 5.41) is 9.66. The van der Waals surface area contributed by atoms with Crippen molar-refractivity contribution in [2.45, 2.75) is 51.5 Å². The van der Waals surface area contributed by atoms with E-state index in [0.717, 1.165) is 11.6 Å². The van der Waals surface area contributed by atoms with E-state index in [9.17, 15) is 4.79 Å². The maximum atomic E-state index is 11.4. The minimum absolute atomic E-state index is 0.181. The Morgan fingerprint density at radius 2 is 2.17 bits per heavy atom. The minimum Gasteiger partial charge on any atom is -0.380 e. The Bertz CT molecular complexity index is 438. The molecule has 100 valence electrons. The number of hydrogen-bond donors (Lipinski definition) is 2. The van der Waals surface area contributed by atoms with Crippen LogP contribution in [0.25, 0.3) is 0 Å². The van der Waals surface area contributed by atoms with Crippen LogP contribution in [-0.4, -0.2) is 16.2 Å². The van der Waals surface area contributed by atoms with Gasteiger partial charge in [-0.15, -0.1) is 0 Å². The zero-order valence-corrected chi connectivity index (χ0v) is 12.3. The van der Waals surface area contributed by atoms with Crippen molar-refractivity contribution in [1.29, 1.82) is 0 Å². The Kier molecular flexibility index (Phi) is 4.80. The topological polar surface area (TPSA) is 57.8 Å². The summed E-state index contributed by atoms with van der Waals surface area (Å²) in [6, 6.07) is 0.470. The summed E-state index contributed by atoms with van der Waals surface area (Å²) >= 11 is 3.30. The van der Waals surface area contributed by atoms with Crippen LogP contribution in [0.3, 0.4) is 0 Å². The molecule has 0 bridgehead atoms. The van der Waals surface area contributed by atoms with Crippen LogP contribution < -0.4 is 10.9 Å². The number of hydrogen-bond acceptors (Lipinski definition) is 3. The fourth-order valence-electron chi connectivity index (χ4n) is 2.71. The molecule has 0 radical (unpaired) electrons. The summed E-state index contributed by atoms with van der Waals surface area (Å²) in [5.41, 5.74) is 0.623. The number of halogens is 1. The number of nitrogens with one attached hydrogen (secondary N) is 2. The Morgan fingerprint density at radius 1 is 1.44 bits per heavy atom. The highest BCUT2D eigenvalue weighted by Gasteiger charge is 2.21. The lowest BCUT2D eigenvalue weighted by Crippen LogP contribution is -2.27. The molecule has 1 aliphatic carbocycles. The van der Waals surface area contributed by atoms with Gasteiger partial charge in [-0.3, -0.25) is 4.79 Å². The summed E-state index contributed by atoms with van der Waals surface area (Å²) in [6.07, 6.45) is 9.26. The Labute approximate surface area is 116 Å². The third-order valence-electron chi connectivity index (χ3n) is 3.70. The summed E-state index contributed by atoms with van der Waals surface area (Å²) in [4.78, 5) is 11.4. The first-order valence-electron chi connectivity index (χ1n) is 6.70. The van der Waals surface area contributed by atoms with Crippen molar-refractivity contribution in [2.24, 2.45) is 5.92 Å². The SMILES string of the molecule is CCCC1CCC(Nc2cn[nH]c(=O)c2Br)CC1. The van der Waals surface area contributed by atoms with E-state index in [1.165, 1.54) is 38.5 Å². The zero-order valence-electron chi connectivity index (χ0n) is 10.7. The molecule has 0 aromatic carbocycles. The molecule has 2 rings (SSSR count). The quantitative estimate of drug-likeness (QED) is 0.896. The van der Waals surface area contributed by atoms with Gasteiger partial charge in [0.25, 0.3) is 5.56 Å². The molecule has 1 aliphatic rings. The Balaban J connectivity index is 1.92. The van der Waals surface area contributed by atoms with E-state index in [1.807, 2.05) is 0 Å². The third-order valence-corrected chi connectivity index (χ3v) is 4.49. The van der Waals surface area contributed by atoms with Gasteiger partial charge in [-0.1, -0.05) is 19.8 Å². The van der Waals surface area contributed by atoms with Crippen molar-refractivity contribution in [3.8, 4) is 0 Å². The summed E-state index contributed by atoms with van der Waals surface area (Å²) in [7, 11) is 0. The second kappa shape index (κ2) is 6.36. The van der Waals surface area contributed by atoms with Crippen molar-refractivity contribution in [2.75, 3.05) is 5.32 Å². The first-order valence-corrected chi connectivity index (χ1v) is 7.49. The first-order chi connectivity index (χ1) is 8.70. The first kappa shape index (κ1) is 13.6. The molecular formula is C13H20BrN3O.